The average Bonchev–Trinajstić information content (AvgIpc) is 2.90. The summed E-state index contributed by atoms with van der Waals surface area (Å²) in [6, 6.07) is 3.56. The lowest BCUT2D eigenvalue weighted by Crippen LogP contribution is -2.07. The summed E-state index contributed by atoms with van der Waals surface area (Å²) in [5.74, 6) is 2.02. The predicted octanol–water partition coefficient (Wildman–Crippen LogP) is 1.88. The van der Waals surface area contributed by atoms with E-state index in [-0.39, 0.29) is 0 Å². The number of nitrogens with two attached hydrogens (primary N) is 1. The van der Waals surface area contributed by atoms with Crippen LogP contribution in [0.25, 0.3) is 10.9 Å². The molecule has 0 saturated heterocycles. The standard InChI is InChI=1S/C16H20N6O2/c1-9-10(8-19-22(9)2)7-18-16-20-12-6-14(24-4)13(23-3)5-11(12)15(17)21-16/h5-6,8H,7H2,1-4H3,(H3,17,18,20,21). The van der Waals surface area contributed by atoms with Crippen molar-refractivity contribution in [1.82, 2.24) is 19.7 Å². The van der Waals surface area contributed by atoms with Crippen LogP contribution >= 0.6 is 0 Å². The lowest BCUT2D eigenvalue weighted by molar-refractivity contribution is 0.356. The average molecular weight is 328 g/mol. The molecule has 3 N–H and O–H groups in total. The Hall–Kier alpha value is -3.03. The van der Waals surface area contributed by atoms with Gasteiger partial charge in [0, 0.05) is 36.3 Å². The highest BCUT2D eigenvalue weighted by atomic mass is 16.5. The van der Waals surface area contributed by atoms with E-state index in [4.69, 9.17) is 15.2 Å². The summed E-state index contributed by atoms with van der Waals surface area (Å²) >= 11 is 0. The normalized spacial score (nSPS) is 10.8. The molecule has 0 bridgehead atoms. The maximum atomic E-state index is 6.07. The van der Waals surface area contributed by atoms with E-state index in [9.17, 15) is 0 Å². The van der Waals surface area contributed by atoms with Crippen LogP contribution in [0.3, 0.4) is 0 Å². The van der Waals surface area contributed by atoms with Crippen molar-refractivity contribution in [3.05, 3.63) is 29.6 Å². The highest BCUT2D eigenvalue weighted by Crippen LogP contribution is 2.33. The number of aryl methyl sites for hydroxylation is 1. The summed E-state index contributed by atoms with van der Waals surface area (Å²) in [4.78, 5) is 8.82. The molecular formula is C16H20N6O2. The molecule has 0 radical (unpaired) electrons. The number of rotatable bonds is 5. The molecular weight excluding hydrogens is 308 g/mol. The number of aromatic nitrogens is 4. The third kappa shape index (κ3) is 2.78. The lowest BCUT2D eigenvalue weighted by atomic mass is 10.2. The highest BCUT2D eigenvalue weighted by molar-refractivity contribution is 5.91. The lowest BCUT2D eigenvalue weighted by Gasteiger charge is -2.11. The summed E-state index contributed by atoms with van der Waals surface area (Å²) in [5, 5.41) is 8.12. The maximum Gasteiger partial charge on any atom is 0.225 e. The van der Waals surface area contributed by atoms with Gasteiger partial charge in [-0.05, 0) is 13.0 Å². The molecule has 0 amide bonds. The molecule has 126 valence electrons. The van der Waals surface area contributed by atoms with Gasteiger partial charge in [-0.3, -0.25) is 4.68 Å². The third-order valence-electron chi connectivity index (χ3n) is 4.00. The van der Waals surface area contributed by atoms with Crippen LogP contribution in [-0.2, 0) is 13.6 Å². The summed E-state index contributed by atoms with van der Waals surface area (Å²) in [6.07, 6.45) is 1.82. The van der Waals surface area contributed by atoms with Gasteiger partial charge in [0.05, 0.1) is 25.9 Å². The van der Waals surface area contributed by atoms with Crippen LogP contribution < -0.4 is 20.5 Å². The molecule has 0 spiro atoms. The van der Waals surface area contributed by atoms with Gasteiger partial charge in [-0.2, -0.15) is 10.1 Å². The van der Waals surface area contributed by atoms with Crippen molar-refractivity contribution in [2.45, 2.75) is 13.5 Å². The number of nitrogens with one attached hydrogen (secondary N) is 1. The van der Waals surface area contributed by atoms with Gasteiger partial charge in [0.15, 0.2) is 11.5 Å². The first-order valence-electron chi connectivity index (χ1n) is 7.44. The largest absolute Gasteiger partial charge is 0.493 e. The van der Waals surface area contributed by atoms with Gasteiger partial charge in [0.2, 0.25) is 5.95 Å². The second-order valence-corrected chi connectivity index (χ2v) is 5.39. The van der Waals surface area contributed by atoms with Crippen LogP contribution in [0.15, 0.2) is 18.3 Å². The Kier molecular flexibility index (Phi) is 4.11. The van der Waals surface area contributed by atoms with Gasteiger partial charge < -0.3 is 20.5 Å². The molecule has 8 heteroatoms. The quantitative estimate of drug-likeness (QED) is 0.737. The second-order valence-electron chi connectivity index (χ2n) is 5.39. The molecule has 3 rings (SSSR count). The van der Waals surface area contributed by atoms with Crippen LogP contribution in [0.1, 0.15) is 11.3 Å². The van der Waals surface area contributed by atoms with Crippen molar-refractivity contribution in [2.75, 3.05) is 25.3 Å². The molecule has 1 aromatic carbocycles. The topological polar surface area (TPSA) is 100 Å². The molecule has 3 aromatic rings. The number of hydrogen-bond acceptors (Lipinski definition) is 7. The Morgan fingerprint density at radius 3 is 2.50 bits per heavy atom. The number of nitrogen functional groups attached to an aromatic ring is 1. The Morgan fingerprint density at radius 1 is 1.17 bits per heavy atom. The fourth-order valence-corrected chi connectivity index (χ4v) is 2.45. The molecule has 0 aliphatic rings. The van der Waals surface area contributed by atoms with Gasteiger partial charge in [0.1, 0.15) is 5.82 Å². The molecule has 0 unspecified atom stereocenters. The zero-order valence-corrected chi connectivity index (χ0v) is 14.1. The van der Waals surface area contributed by atoms with Crippen LogP contribution in [0.4, 0.5) is 11.8 Å². The Balaban J connectivity index is 1.93. The van der Waals surface area contributed by atoms with Gasteiger partial charge >= 0.3 is 0 Å². The number of benzene rings is 1. The summed E-state index contributed by atoms with van der Waals surface area (Å²) < 4.78 is 12.4. The second kappa shape index (κ2) is 6.23. The fraction of sp³-hybridized carbons (Fsp3) is 0.312. The van der Waals surface area contributed by atoms with Crippen LogP contribution in [-0.4, -0.2) is 34.0 Å². The molecule has 0 atom stereocenters. The van der Waals surface area contributed by atoms with Crippen molar-refractivity contribution in [3.8, 4) is 11.5 Å². The number of fused-ring (bicyclic) bond motifs is 1. The molecule has 0 fully saturated rings. The molecule has 2 heterocycles. The zero-order valence-electron chi connectivity index (χ0n) is 14.1. The minimum atomic E-state index is 0.381. The van der Waals surface area contributed by atoms with Gasteiger partial charge in [0.25, 0.3) is 0 Å². The SMILES string of the molecule is COc1cc2nc(NCc3cnn(C)c3C)nc(N)c2cc1OC. The molecule has 2 aromatic heterocycles. The number of anilines is 2. The minimum absolute atomic E-state index is 0.381. The van der Waals surface area contributed by atoms with Crippen LogP contribution in [0, 0.1) is 6.92 Å². The first kappa shape index (κ1) is 15.9. The zero-order chi connectivity index (χ0) is 17.3. The van der Waals surface area contributed by atoms with Gasteiger partial charge in [-0.25, -0.2) is 4.98 Å². The predicted molar refractivity (Wildman–Crippen MR) is 92.3 cm³/mol. The third-order valence-corrected chi connectivity index (χ3v) is 4.00. The Labute approximate surface area is 139 Å². The van der Waals surface area contributed by atoms with E-state index >= 15 is 0 Å². The van der Waals surface area contributed by atoms with Crippen molar-refractivity contribution in [2.24, 2.45) is 7.05 Å². The maximum absolute atomic E-state index is 6.07. The van der Waals surface area contributed by atoms with E-state index in [1.165, 1.54) is 0 Å². The molecule has 24 heavy (non-hydrogen) atoms. The van der Waals surface area contributed by atoms with Crippen molar-refractivity contribution >= 4 is 22.7 Å². The molecule has 8 nitrogen and oxygen atoms in total. The van der Waals surface area contributed by atoms with E-state index in [1.807, 2.05) is 24.9 Å². The van der Waals surface area contributed by atoms with Gasteiger partial charge in [-0.15, -0.1) is 0 Å². The Bertz CT molecular complexity index is 890. The van der Waals surface area contributed by atoms with Gasteiger partial charge in [-0.1, -0.05) is 0 Å². The minimum Gasteiger partial charge on any atom is -0.493 e. The van der Waals surface area contributed by atoms with Crippen molar-refractivity contribution in [3.63, 3.8) is 0 Å². The first-order valence-corrected chi connectivity index (χ1v) is 7.44. The summed E-state index contributed by atoms with van der Waals surface area (Å²) in [7, 11) is 5.06. The van der Waals surface area contributed by atoms with Crippen molar-refractivity contribution in [1.29, 1.82) is 0 Å². The number of methoxy groups -OCH3 is 2. The summed E-state index contributed by atoms with van der Waals surface area (Å²) in [5.41, 5.74) is 8.92. The Morgan fingerprint density at radius 2 is 1.88 bits per heavy atom. The van der Waals surface area contributed by atoms with E-state index in [1.54, 1.807) is 26.4 Å². The van der Waals surface area contributed by atoms with E-state index in [0.29, 0.717) is 35.3 Å². The van der Waals surface area contributed by atoms with E-state index < -0.39 is 0 Å². The van der Waals surface area contributed by atoms with E-state index in [2.05, 4.69) is 20.4 Å². The van der Waals surface area contributed by atoms with E-state index in [0.717, 1.165) is 16.6 Å². The smallest absolute Gasteiger partial charge is 0.225 e. The number of hydrogen-bond donors (Lipinski definition) is 2. The molecule has 0 aliphatic heterocycles. The van der Waals surface area contributed by atoms with Crippen LogP contribution in [0.5, 0.6) is 11.5 Å². The number of nitrogens with zero attached hydrogens (tertiary/aromatic N) is 4. The highest BCUT2D eigenvalue weighted by Gasteiger charge is 2.12. The van der Waals surface area contributed by atoms with Crippen molar-refractivity contribution < 1.29 is 9.47 Å². The fourth-order valence-electron chi connectivity index (χ4n) is 2.45. The number of ether oxygens (including phenoxy) is 2. The monoisotopic (exact) mass is 328 g/mol. The molecule has 0 saturated carbocycles. The molecule has 0 aliphatic carbocycles. The van der Waals surface area contributed by atoms with Crippen LogP contribution in [0.2, 0.25) is 0 Å². The summed E-state index contributed by atoms with van der Waals surface area (Å²) in [6.45, 7) is 2.58. The first-order chi connectivity index (χ1) is 11.5.